The summed E-state index contributed by atoms with van der Waals surface area (Å²) in [6.45, 7) is 0. The maximum atomic E-state index is 13.6. The lowest BCUT2D eigenvalue weighted by Crippen LogP contribution is -2.43. The standard InChI is InChI=1S/C14H14F2O3/c15-10-4-3-5-11(16)9(10)8-14(13(18)19)7-2-1-6-12(14)17/h3-5H,1-2,6-8H2,(H,18,19). The van der Waals surface area contributed by atoms with Gasteiger partial charge < -0.3 is 5.11 Å². The van der Waals surface area contributed by atoms with Gasteiger partial charge in [0.2, 0.25) is 0 Å². The summed E-state index contributed by atoms with van der Waals surface area (Å²) < 4.78 is 27.2. The van der Waals surface area contributed by atoms with E-state index in [1.165, 1.54) is 6.07 Å². The number of carboxylic acids is 1. The summed E-state index contributed by atoms with van der Waals surface area (Å²) >= 11 is 0. The predicted octanol–water partition coefficient (Wildman–Crippen LogP) is 2.72. The molecule has 3 nitrogen and oxygen atoms in total. The third kappa shape index (κ3) is 2.37. The Morgan fingerprint density at radius 1 is 1.26 bits per heavy atom. The van der Waals surface area contributed by atoms with Crippen molar-refractivity contribution in [3.05, 3.63) is 35.4 Å². The van der Waals surface area contributed by atoms with Crippen LogP contribution in [0.1, 0.15) is 31.2 Å². The number of carboxylic acid groups (broad SMARTS) is 1. The van der Waals surface area contributed by atoms with Gasteiger partial charge in [-0.25, -0.2) is 8.78 Å². The molecule has 1 fully saturated rings. The van der Waals surface area contributed by atoms with Crippen molar-refractivity contribution >= 4 is 11.8 Å². The number of hydrogen-bond donors (Lipinski definition) is 1. The van der Waals surface area contributed by atoms with Gasteiger partial charge in [0.1, 0.15) is 17.0 Å². The van der Waals surface area contributed by atoms with Crippen LogP contribution in [0, 0.1) is 17.0 Å². The fourth-order valence-corrected chi connectivity index (χ4v) is 2.58. The van der Waals surface area contributed by atoms with Gasteiger partial charge in [-0.05, 0) is 25.0 Å². The van der Waals surface area contributed by atoms with E-state index < -0.39 is 35.2 Å². The lowest BCUT2D eigenvalue weighted by molar-refractivity contribution is -0.157. The van der Waals surface area contributed by atoms with Gasteiger partial charge >= 0.3 is 5.97 Å². The Balaban J connectivity index is 2.42. The smallest absolute Gasteiger partial charge is 0.317 e. The highest BCUT2D eigenvalue weighted by Crippen LogP contribution is 2.38. The fraction of sp³-hybridized carbons (Fsp3) is 0.429. The van der Waals surface area contributed by atoms with E-state index in [0.29, 0.717) is 12.8 Å². The van der Waals surface area contributed by atoms with Crippen molar-refractivity contribution in [2.75, 3.05) is 0 Å². The maximum Gasteiger partial charge on any atom is 0.317 e. The highest BCUT2D eigenvalue weighted by molar-refractivity contribution is 6.03. The number of carbonyl (C=O) groups excluding carboxylic acids is 1. The second kappa shape index (κ2) is 5.07. The van der Waals surface area contributed by atoms with Gasteiger partial charge in [-0.2, -0.15) is 0 Å². The number of hydrogen-bond acceptors (Lipinski definition) is 2. The molecule has 1 aromatic carbocycles. The molecule has 0 radical (unpaired) electrons. The van der Waals surface area contributed by atoms with Crippen molar-refractivity contribution < 1.29 is 23.5 Å². The van der Waals surface area contributed by atoms with E-state index in [0.717, 1.165) is 12.1 Å². The van der Waals surface area contributed by atoms with Gasteiger partial charge in [0.25, 0.3) is 0 Å². The number of halogens is 2. The first-order valence-corrected chi connectivity index (χ1v) is 6.17. The molecule has 0 heterocycles. The Kier molecular flexibility index (Phi) is 3.64. The number of benzene rings is 1. The fourth-order valence-electron chi connectivity index (χ4n) is 2.58. The summed E-state index contributed by atoms with van der Waals surface area (Å²) in [6.07, 6.45) is 1.08. The molecule has 19 heavy (non-hydrogen) atoms. The molecule has 1 aliphatic rings. The summed E-state index contributed by atoms with van der Waals surface area (Å²) in [5, 5.41) is 9.34. The van der Waals surface area contributed by atoms with Crippen LogP contribution in [0.15, 0.2) is 18.2 Å². The topological polar surface area (TPSA) is 54.4 Å². The quantitative estimate of drug-likeness (QED) is 0.857. The molecule has 1 atom stereocenters. The third-order valence-electron chi connectivity index (χ3n) is 3.74. The molecule has 0 spiro atoms. The summed E-state index contributed by atoms with van der Waals surface area (Å²) in [5.74, 6) is -3.34. The van der Waals surface area contributed by atoms with E-state index in [1.807, 2.05) is 0 Å². The molecule has 5 heteroatoms. The number of Topliss-reactive ketones (excluding diaryl/α,β-unsaturated/α-hetero) is 1. The molecular weight excluding hydrogens is 254 g/mol. The van der Waals surface area contributed by atoms with E-state index in [2.05, 4.69) is 0 Å². The summed E-state index contributed by atoms with van der Waals surface area (Å²) in [4.78, 5) is 23.4. The minimum atomic E-state index is -1.68. The van der Waals surface area contributed by atoms with Crippen LogP contribution in [0.3, 0.4) is 0 Å². The number of ketones is 1. The Labute approximate surface area is 109 Å². The zero-order valence-corrected chi connectivity index (χ0v) is 10.3. The molecule has 1 unspecified atom stereocenters. The molecule has 0 aliphatic heterocycles. The average Bonchev–Trinajstić information content (AvgIpc) is 2.36. The highest BCUT2D eigenvalue weighted by atomic mass is 19.1. The predicted molar refractivity (Wildman–Crippen MR) is 63.6 cm³/mol. The van der Waals surface area contributed by atoms with Crippen molar-refractivity contribution in [2.24, 2.45) is 5.41 Å². The number of carbonyl (C=O) groups is 2. The largest absolute Gasteiger partial charge is 0.480 e. The summed E-state index contributed by atoms with van der Waals surface area (Å²) in [7, 11) is 0. The molecule has 1 aliphatic carbocycles. The summed E-state index contributed by atoms with van der Waals surface area (Å²) in [6, 6.07) is 3.35. The Morgan fingerprint density at radius 2 is 1.89 bits per heavy atom. The molecule has 1 saturated carbocycles. The molecule has 1 N–H and O–H groups in total. The van der Waals surface area contributed by atoms with Crippen LogP contribution in [0.4, 0.5) is 8.78 Å². The van der Waals surface area contributed by atoms with Gasteiger partial charge in [0, 0.05) is 18.4 Å². The monoisotopic (exact) mass is 268 g/mol. The van der Waals surface area contributed by atoms with Gasteiger partial charge in [-0.3, -0.25) is 9.59 Å². The van der Waals surface area contributed by atoms with Crippen LogP contribution in [0.25, 0.3) is 0 Å². The first kappa shape index (κ1) is 13.6. The first-order chi connectivity index (χ1) is 8.97. The third-order valence-corrected chi connectivity index (χ3v) is 3.74. The summed E-state index contributed by atoms with van der Waals surface area (Å²) in [5.41, 5.74) is -2.00. The van der Waals surface area contributed by atoms with E-state index in [9.17, 15) is 23.5 Å². The van der Waals surface area contributed by atoms with Gasteiger partial charge in [-0.15, -0.1) is 0 Å². The van der Waals surface area contributed by atoms with E-state index >= 15 is 0 Å². The molecule has 0 saturated heterocycles. The van der Waals surface area contributed by atoms with Crippen molar-refractivity contribution in [1.82, 2.24) is 0 Å². The van der Waals surface area contributed by atoms with Crippen LogP contribution in [0.5, 0.6) is 0 Å². The van der Waals surface area contributed by atoms with Crippen molar-refractivity contribution in [2.45, 2.75) is 32.1 Å². The second-order valence-electron chi connectivity index (χ2n) is 4.89. The minimum absolute atomic E-state index is 0.134. The van der Waals surface area contributed by atoms with Crippen molar-refractivity contribution in [3.8, 4) is 0 Å². The molecule has 0 aromatic heterocycles. The molecule has 0 amide bonds. The van der Waals surface area contributed by atoms with Crippen LogP contribution in [-0.4, -0.2) is 16.9 Å². The zero-order valence-electron chi connectivity index (χ0n) is 10.3. The molecule has 0 bridgehead atoms. The van der Waals surface area contributed by atoms with Crippen LogP contribution in [0.2, 0.25) is 0 Å². The number of aliphatic carboxylic acids is 1. The Morgan fingerprint density at radius 3 is 2.42 bits per heavy atom. The van der Waals surface area contributed by atoms with Crippen LogP contribution < -0.4 is 0 Å². The molecule has 1 aromatic rings. The van der Waals surface area contributed by atoms with Crippen molar-refractivity contribution in [3.63, 3.8) is 0 Å². The van der Waals surface area contributed by atoms with E-state index in [1.54, 1.807) is 0 Å². The second-order valence-corrected chi connectivity index (χ2v) is 4.89. The Hall–Kier alpha value is -1.78. The maximum absolute atomic E-state index is 13.6. The van der Waals surface area contributed by atoms with Crippen LogP contribution >= 0.6 is 0 Å². The van der Waals surface area contributed by atoms with Gasteiger partial charge in [0.15, 0.2) is 5.78 Å². The van der Waals surface area contributed by atoms with Crippen LogP contribution in [-0.2, 0) is 16.0 Å². The zero-order chi connectivity index (χ0) is 14.0. The molecule has 102 valence electrons. The molecular formula is C14H14F2O3. The normalized spacial score (nSPS) is 23.4. The highest BCUT2D eigenvalue weighted by Gasteiger charge is 2.47. The minimum Gasteiger partial charge on any atom is -0.480 e. The lowest BCUT2D eigenvalue weighted by Gasteiger charge is -2.31. The van der Waals surface area contributed by atoms with Gasteiger partial charge in [-0.1, -0.05) is 12.5 Å². The lowest BCUT2D eigenvalue weighted by atomic mass is 9.69. The van der Waals surface area contributed by atoms with Gasteiger partial charge in [0.05, 0.1) is 0 Å². The Bertz CT molecular complexity index is 507. The first-order valence-electron chi connectivity index (χ1n) is 6.17. The SMILES string of the molecule is O=C(O)C1(Cc2c(F)cccc2F)CCCCC1=O. The molecule has 2 rings (SSSR count). The number of rotatable bonds is 3. The average molecular weight is 268 g/mol. The van der Waals surface area contributed by atoms with E-state index in [-0.39, 0.29) is 18.4 Å². The van der Waals surface area contributed by atoms with E-state index in [4.69, 9.17) is 0 Å². The van der Waals surface area contributed by atoms with Crippen molar-refractivity contribution in [1.29, 1.82) is 0 Å².